The van der Waals surface area contributed by atoms with Crippen molar-refractivity contribution in [2.24, 2.45) is 0 Å². The maximum Gasteiger partial charge on any atom is 0.119 e. The van der Waals surface area contributed by atoms with E-state index in [1.165, 1.54) is 16.7 Å². The van der Waals surface area contributed by atoms with Gasteiger partial charge in [-0.2, -0.15) is 0 Å². The van der Waals surface area contributed by atoms with Gasteiger partial charge < -0.3 is 19.9 Å². The Labute approximate surface area is 235 Å². The van der Waals surface area contributed by atoms with E-state index in [1.807, 2.05) is 24.3 Å². The number of likely N-dealkylation sites (N-methyl/N-ethyl adjacent to an activating group) is 1. The van der Waals surface area contributed by atoms with E-state index >= 15 is 0 Å². The zero-order valence-electron chi connectivity index (χ0n) is 22.3. The van der Waals surface area contributed by atoms with E-state index in [2.05, 4.69) is 91.8 Å². The molecule has 3 aromatic rings. The third-order valence-corrected chi connectivity index (χ3v) is 6.09. The van der Waals surface area contributed by atoms with Crippen LogP contribution in [-0.2, 0) is 11.2 Å². The number of nitrogens with one attached hydrogen (secondary N) is 1. The molecule has 0 fully saturated rings. The molecule has 7 heteroatoms. The Morgan fingerprint density at radius 3 is 1.92 bits per heavy atom. The van der Waals surface area contributed by atoms with Gasteiger partial charge in [0.2, 0.25) is 0 Å². The summed E-state index contributed by atoms with van der Waals surface area (Å²) in [6.07, 6.45) is 0.272. The molecule has 3 rings (SSSR count). The molecule has 3 aromatic carbocycles. The number of ether oxygens (including phenoxy) is 2. The Bertz CT molecular complexity index is 949. The van der Waals surface area contributed by atoms with Gasteiger partial charge >= 0.3 is 0 Å². The van der Waals surface area contributed by atoms with Gasteiger partial charge in [0.25, 0.3) is 0 Å². The maximum atomic E-state index is 10.5. The zero-order chi connectivity index (χ0) is 25.1. The van der Waals surface area contributed by atoms with Crippen molar-refractivity contribution in [3.63, 3.8) is 0 Å². The fourth-order valence-electron chi connectivity index (χ4n) is 4.36. The molecule has 0 amide bonds. The summed E-state index contributed by atoms with van der Waals surface area (Å²) in [5.74, 6) is 0.762. The SMILES string of the molecule is COCCc1ccc(OCC(O)CNC(C)(C)CN(C)C(c2ccccc2)c2ccccc2)cc1.Cl.Cl. The fourth-order valence-corrected chi connectivity index (χ4v) is 4.36. The first-order chi connectivity index (χ1) is 16.9. The highest BCUT2D eigenvalue weighted by atomic mass is 35.5. The summed E-state index contributed by atoms with van der Waals surface area (Å²) >= 11 is 0. The molecule has 1 unspecified atom stereocenters. The fraction of sp³-hybridized carbons (Fsp3) is 0.400. The molecular formula is C30H42Cl2N2O3. The third kappa shape index (κ3) is 11.0. The number of halogens is 2. The summed E-state index contributed by atoms with van der Waals surface area (Å²) in [6, 6.07) is 29.3. The van der Waals surface area contributed by atoms with Crippen molar-refractivity contribution in [2.75, 3.05) is 40.5 Å². The Kier molecular flexibility index (Phi) is 14.8. The molecule has 0 heterocycles. The number of methoxy groups -OCH3 is 1. The zero-order valence-corrected chi connectivity index (χ0v) is 23.9. The Balaban J connectivity index is 0.00000342. The van der Waals surface area contributed by atoms with Crippen molar-refractivity contribution in [2.45, 2.75) is 38.0 Å². The number of hydrogen-bond acceptors (Lipinski definition) is 5. The van der Waals surface area contributed by atoms with Gasteiger partial charge in [0.15, 0.2) is 0 Å². The Morgan fingerprint density at radius 2 is 1.41 bits per heavy atom. The summed E-state index contributed by atoms with van der Waals surface area (Å²) in [4.78, 5) is 2.37. The molecule has 0 aliphatic rings. The first-order valence-electron chi connectivity index (χ1n) is 12.3. The predicted molar refractivity (Wildman–Crippen MR) is 157 cm³/mol. The number of rotatable bonds is 14. The van der Waals surface area contributed by atoms with Crippen LogP contribution in [0.2, 0.25) is 0 Å². The van der Waals surface area contributed by atoms with Gasteiger partial charge in [0.1, 0.15) is 18.5 Å². The minimum Gasteiger partial charge on any atom is -0.491 e. The Morgan fingerprint density at radius 1 is 0.865 bits per heavy atom. The maximum absolute atomic E-state index is 10.5. The molecule has 1 atom stereocenters. The first kappa shape index (κ1) is 32.9. The summed E-state index contributed by atoms with van der Waals surface area (Å²) in [6.45, 7) is 6.54. The summed E-state index contributed by atoms with van der Waals surface area (Å²) in [7, 11) is 3.86. The van der Waals surface area contributed by atoms with E-state index in [4.69, 9.17) is 9.47 Å². The highest BCUT2D eigenvalue weighted by Crippen LogP contribution is 2.28. The van der Waals surface area contributed by atoms with Crippen molar-refractivity contribution in [1.29, 1.82) is 0 Å². The first-order valence-corrected chi connectivity index (χ1v) is 12.3. The van der Waals surface area contributed by atoms with Gasteiger partial charge in [-0.05, 0) is 56.1 Å². The molecule has 5 nitrogen and oxygen atoms in total. The van der Waals surface area contributed by atoms with Crippen LogP contribution in [0.1, 0.15) is 36.6 Å². The van der Waals surface area contributed by atoms with Crippen molar-refractivity contribution < 1.29 is 14.6 Å². The van der Waals surface area contributed by atoms with Crippen LogP contribution in [0.3, 0.4) is 0 Å². The van der Waals surface area contributed by atoms with Crippen LogP contribution in [0.25, 0.3) is 0 Å². The van der Waals surface area contributed by atoms with E-state index in [-0.39, 0.29) is 43.0 Å². The largest absolute Gasteiger partial charge is 0.491 e. The number of nitrogens with zero attached hydrogens (tertiary/aromatic N) is 1. The van der Waals surface area contributed by atoms with E-state index < -0.39 is 6.10 Å². The number of hydrogen-bond donors (Lipinski definition) is 2. The Hall–Kier alpha value is -2.12. The lowest BCUT2D eigenvalue weighted by Crippen LogP contribution is -2.51. The second-order valence-corrected chi connectivity index (χ2v) is 9.76. The molecule has 0 aromatic heterocycles. The summed E-state index contributed by atoms with van der Waals surface area (Å²) in [5, 5.41) is 14.1. The van der Waals surface area contributed by atoms with Crippen LogP contribution < -0.4 is 10.1 Å². The van der Waals surface area contributed by atoms with Crippen LogP contribution in [0.15, 0.2) is 84.9 Å². The van der Waals surface area contributed by atoms with Crippen molar-refractivity contribution in [3.8, 4) is 5.75 Å². The van der Waals surface area contributed by atoms with Crippen LogP contribution in [-0.4, -0.2) is 62.1 Å². The number of aliphatic hydroxyl groups is 1. The molecule has 37 heavy (non-hydrogen) atoms. The summed E-state index contributed by atoms with van der Waals surface area (Å²) < 4.78 is 10.9. The lowest BCUT2D eigenvalue weighted by molar-refractivity contribution is 0.0936. The number of benzene rings is 3. The van der Waals surface area contributed by atoms with Crippen molar-refractivity contribution in [3.05, 3.63) is 102 Å². The molecular weight excluding hydrogens is 507 g/mol. The van der Waals surface area contributed by atoms with E-state index in [1.54, 1.807) is 7.11 Å². The highest BCUT2D eigenvalue weighted by Gasteiger charge is 2.26. The standard InChI is InChI=1S/C30H40N2O3.2ClH/c1-30(2,31-21-27(33)22-35-28-17-15-24(16-18-28)19-20-34-4)23-32(3)29(25-11-7-5-8-12-25)26-13-9-6-10-14-26;;/h5-18,27,29,31,33H,19-23H2,1-4H3;2*1H. The average Bonchev–Trinajstić information content (AvgIpc) is 2.87. The molecule has 0 saturated heterocycles. The minimum atomic E-state index is -0.605. The predicted octanol–water partition coefficient (Wildman–Crippen LogP) is 5.55. The molecule has 0 radical (unpaired) electrons. The van der Waals surface area contributed by atoms with Gasteiger partial charge in [0, 0.05) is 25.7 Å². The minimum absolute atomic E-state index is 0. The second kappa shape index (κ2) is 16.7. The topological polar surface area (TPSA) is 54.0 Å². The van der Waals surface area contributed by atoms with Crippen molar-refractivity contribution in [1.82, 2.24) is 10.2 Å². The molecule has 0 aliphatic heterocycles. The quantitative estimate of drug-likeness (QED) is 0.276. The monoisotopic (exact) mass is 548 g/mol. The van der Waals surface area contributed by atoms with E-state index in [0.29, 0.717) is 13.2 Å². The van der Waals surface area contributed by atoms with E-state index in [0.717, 1.165) is 18.7 Å². The smallest absolute Gasteiger partial charge is 0.119 e. The van der Waals surface area contributed by atoms with Gasteiger partial charge in [-0.3, -0.25) is 4.90 Å². The molecule has 0 aliphatic carbocycles. The van der Waals surface area contributed by atoms with Crippen molar-refractivity contribution >= 4 is 24.8 Å². The van der Waals surface area contributed by atoms with E-state index in [9.17, 15) is 5.11 Å². The van der Waals surface area contributed by atoms with Gasteiger partial charge in [0.05, 0.1) is 12.6 Å². The molecule has 0 bridgehead atoms. The lowest BCUT2D eigenvalue weighted by atomic mass is 9.95. The van der Waals surface area contributed by atoms with Crippen LogP contribution in [0, 0.1) is 0 Å². The third-order valence-electron chi connectivity index (χ3n) is 6.09. The van der Waals surface area contributed by atoms with Crippen LogP contribution in [0.4, 0.5) is 0 Å². The number of β-amino-alcohol motifs (C(OH)–C–C–N with tert-alkyl or cyclic N) is 1. The van der Waals surface area contributed by atoms with Gasteiger partial charge in [-0.25, -0.2) is 0 Å². The van der Waals surface area contributed by atoms with Crippen LogP contribution in [0.5, 0.6) is 5.75 Å². The summed E-state index contributed by atoms with van der Waals surface area (Å²) in [5.41, 5.74) is 3.52. The second-order valence-electron chi connectivity index (χ2n) is 9.76. The van der Waals surface area contributed by atoms with Gasteiger partial charge in [-0.1, -0.05) is 72.8 Å². The molecule has 2 N–H and O–H groups in total. The average molecular weight is 550 g/mol. The van der Waals surface area contributed by atoms with Crippen LogP contribution >= 0.6 is 24.8 Å². The number of aliphatic hydroxyl groups excluding tert-OH is 1. The lowest BCUT2D eigenvalue weighted by Gasteiger charge is -2.37. The highest BCUT2D eigenvalue weighted by molar-refractivity contribution is 5.85. The molecule has 0 saturated carbocycles. The molecule has 204 valence electrons. The van der Waals surface area contributed by atoms with Gasteiger partial charge in [-0.15, -0.1) is 24.8 Å². The normalized spacial score (nSPS) is 12.1. The molecule has 0 spiro atoms.